The van der Waals surface area contributed by atoms with Crippen molar-refractivity contribution in [1.29, 1.82) is 0 Å². The van der Waals surface area contributed by atoms with Gasteiger partial charge in [0.15, 0.2) is 0 Å². The summed E-state index contributed by atoms with van der Waals surface area (Å²) < 4.78 is 5.29. The monoisotopic (exact) mass is 297 g/mol. The fourth-order valence-corrected chi connectivity index (χ4v) is 1.57. The van der Waals surface area contributed by atoms with E-state index in [1.165, 1.54) is 0 Å². The summed E-state index contributed by atoms with van der Waals surface area (Å²) in [6.07, 6.45) is 1.55. The van der Waals surface area contributed by atoms with Crippen LogP contribution in [0.15, 0.2) is 30.5 Å². The van der Waals surface area contributed by atoms with Crippen LogP contribution < -0.4 is 10.2 Å². The van der Waals surface area contributed by atoms with Crippen LogP contribution in [0.1, 0.15) is 6.92 Å². The molecule has 0 aliphatic rings. The number of halogens is 1. The highest BCUT2D eigenvalue weighted by atomic mass is 35.5. The Morgan fingerprint density at radius 2 is 2.30 bits per heavy atom. The van der Waals surface area contributed by atoms with E-state index in [1.807, 2.05) is 6.92 Å². The second-order valence-corrected chi connectivity index (χ2v) is 4.99. The normalized spacial score (nSPS) is 10.2. The van der Waals surface area contributed by atoms with E-state index in [0.717, 1.165) is 5.57 Å². The molecule has 0 saturated carbocycles. The average Bonchev–Trinajstić information content (AvgIpc) is 2.38. The van der Waals surface area contributed by atoms with Gasteiger partial charge >= 0.3 is 0 Å². The molecule has 1 N–H and O–H groups in total. The highest BCUT2D eigenvalue weighted by molar-refractivity contribution is 6.30. The van der Waals surface area contributed by atoms with E-state index in [1.54, 1.807) is 30.3 Å². The largest absolute Gasteiger partial charge is 0.375 e. The van der Waals surface area contributed by atoms with Gasteiger partial charge in [0.05, 0.1) is 24.8 Å². The van der Waals surface area contributed by atoms with Crippen LogP contribution >= 0.6 is 11.6 Å². The molecule has 1 aromatic heterocycles. The Labute approximate surface area is 124 Å². The number of ether oxygens (including phenoxy) is 1. The summed E-state index contributed by atoms with van der Waals surface area (Å²) in [5.41, 5.74) is 0.963. The van der Waals surface area contributed by atoms with Crippen molar-refractivity contribution in [2.45, 2.75) is 6.92 Å². The molecule has 6 heteroatoms. The first-order valence-corrected chi connectivity index (χ1v) is 6.68. The number of aromatic nitrogens is 1. The minimum absolute atomic E-state index is 0.0804. The molecule has 1 amide bonds. The van der Waals surface area contributed by atoms with Crippen molar-refractivity contribution in [1.82, 2.24) is 10.3 Å². The number of rotatable bonds is 8. The summed E-state index contributed by atoms with van der Waals surface area (Å²) in [6.45, 7) is 7.33. The van der Waals surface area contributed by atoms with Crippen LogP contribution in [0.5, 0.6) is 0 Å². The summed E-state index contributed by atoms with van der Waals surface area (Å²) in [5.74, 6) is 0.617. The Morgan fingerprint density at radius 1 is 1.55 bits per heavy atom. The summed E-state index contributed by atoms with van der Waals surface area (Å²) in [5, 5.41) is 3.35. The highest BCUT2D eigenvalue weighted by Gasteiger charge is 2.07. The summed E-state index contributed by atoms with van der Waals surface area (Å²) in [4.78, 5) is 17.6. The number of likely N-dealkylation sites (N-methyl/N-ethyl adjacent to an activating group) is 1. The molecule has 0 saturated heterocycles. The van der Waals surface area contributed by atoms with Gasteiger partial charge < -0.3 is 15.0 Å². The second-order valence-electron chi connectivity index (χ2n) is 4.55. The maximum atomic E-state index is 11.7. The topological polar surface area (TPSA) is 54.5 Å². The molecule has 1 heterocycles. The molecule has 0 aromatic carbocycles. The van der Waals surface area contributed by atoms with Crippen LogP contribution in [-0.4, -0.2) is 44.2 Å². The standard InChI is InChI=1S/C14H20ClN3O2/c1-11(2)10-20-7-6-16-14(19)9-18(3)13-5-4-12(15)8-17-13/h4-5,8H,1,6-7,9-10H2,2-3H3,(H,16,19). The Kier molecular flexibility index (Phi) is 7.04. The lowest BCUT2D eigenvalue weighted by Crippen LogP contribution is -2.37. The van der Waals surface area contributed by atoms with Gasteiger partial charge in [0.1, 0.15) is 5.82 Å². The number of carbonyl (C=O) groups is 1. The fraction of sp³-hybridized carbons (Fsp3) is 0.429. The summed E-state index contributed by atoms with van der Waals surface area (Å²) >= 11 is 5.76. The van der Waals surface area contributed by atoms with Crippen LogP contribution in [0.2, 0.25) is 5.02 Å². The SMILES string of the molecule is C=C(C)COCCNC(=O)CN(C)c1ccc(Cl)cn1. The quantitative estimate of drug-likeness (QED) is 0.588. The van der Waals surface area contributed by atoms with Crippen molar-refractivity contribution in [2.75, 3.05) is 38.3 Å². The minimum atomic E-state index is -0.0804. The third kappa shape index (κ3) is 6.54. The first kappa shape index (κ1) is 16.5. The first-order valence-electron chi connectivity index (χ1n) is 6.30. The molecular formula is C14H20ClN3O2. The smallest absolute Gasteiger partial charge is 0.239 e. The number of nitrogens with one attached hydrogen (secondary N) is 1. The minimum Gasteiger partial charge on any atom is -0.375 e. The van der Waals surface area contributed by atoms with E-state index in [0.29, 0.717) is 30.6 Å². The molecule has 0 bridgehead atoms. The summed E-state index contributed by atoms with van der Waals surface area (Å²) in [6, 6.07) is 3.51. The highest BCUT2D eigenvalue weighted by Crippen LogP contribution is 2.12. The van der Waals surface area contributed by atoms with Crippen LogP contribution in [0.3, 0.4) is 0 Å². The molecule has 0 atom stereocenters. The van der Waals surface area contributed by atoms with Crippen molar-refractivity contribution < 1.29 is 9.53 Å². The maximum Gasteiger partial charge on any atom is 0.239 e. The number of carbonyl (C=O) groups excluding carboxylic acids is 1. The lowest BCUT2D eigenvalue weighted by Gasteiger charge is -2.17. The van der Waals surface area contributed by atoms with Crippen LogP contribution in [0, 0.1) is 0 Å². The molecule has 0 aliphatic carbocycles. The Hall–Kier alpha value is -1.59. The number of hydrogen-bond acceptors (Lipinski definition) is 4. The third-order valence-electron chi connectivity index (χ3n) is 2.40. The first-order chi connectivity index (χ1) is 9.49. The Morgan fingerprint density at radius 3 is 2.90 bits per heavy atom. The van der Waals surface area contributed by atoms with E-state index in [-0.39, 0.29) is 12.5 Å². The molecule has 0 unspecified atom stereocenters. The zero-order chi connectivity index (χ0) is 15.0. The van der Waals surface area contributed by atoms with Gasteiger partial charge in [-0.1, -0.05) is 23.8 Å². The maximum absolute atomic E-state index is 11.7. The van der Waals surface area contributed by atoms with Crippen molar-refractivity contribution in [3.63, 3.8) is 0 Å². The molecule has 20 heavy (non-hydrogen) atoms. The number of nitrogens with zero attached hydrogens (tertiary/aromatic N) is 2. The van der Waals surface area contributed by atoms with E-state index < -0.39 is 0 Å². The van der Waals surface area contributed by atoms with Gasteiger partial charge in [-0.2, -0.15) is 0 Å². The van der Waals surface area contributed by atoms with Gasteiger partial charge in [0, 0.05) is 19.8 Å². The molecular weight excluding hydrogens is 278 g/mol. The van der Waals surface area contributed by atoms with Crippen LogP contribution in [0.4, 0.5) is 5.82 Å². The van der Waals surface area contributed by atoms with E-state index in [9.17, 15) is 4.79 Å². The van der Waals surface area contributed by atoms with Crippen molar-refractivity contribution in [3.8, 4) is 0 Å². The third-order valence-corrected chi connectivity index (χ3v) is 2.62. The predicted octanol–water partition coefficient (Wildman–Crippen LogP) is 1.88. The van der Waals surface area contributed by atoms with Gasteiger partial charge in [0.2, 0.25) is 5.91 Å². The number of amides is 1. The molecule has 1 rings (SSSR count). The lowest BCUT2D eigenvalue weighted by molar-refractivity contribution is -0.119. The van der Waals surface area contributed by atoms with E-state index >= 15 is 0 Å². The molecule has 5 nitrogen and oxygen atoms in total. The van der Waals surface area contributed by atoms with Gasteiger partial charge in [-0.3, -0.25) is 4.79 Å². The van der Waals surface area contributed by atoms with Gasteiger partial charge in [-0.25, -0.2) is 4.98 Å². The van der Waals surface area contributed by atoms with Gasteiger partial charge in [-0.05, 0) is 19.1 Å². The average molecular weight is 298 g/mol. The van der Waals surface area contributed by atoms with Crippen molar-refractivity contribution in [2.24, 2.45) is 0 Å². The van der Waals surface area contributed by atoms with Gasteiger partial charge in [-0.15, -0.1) is 0 Å². The zero-order valence-electron chi connectivity index (χ0n) is 11.9. The fourth-order valence-electron chi connectivity index (χ4n) is 1.46. The Balaban J connectivity index is 2.24. The van der Waals surface area contributed by atoms with Crippen molar-refractivity contribution >= 4 is 23.3 Å². The van der Waals surface area contributed by atoms with E-state index in [4.69, 9.17) is 16.3 Å². The second kappa shape index (κ2) is 8.55. The molecule has 0 radical (unpaired) electrons. The number of pyridine rings is 1. The lowest BCUT2D eigenvalue weighted by atomic mass is 10.4. The van der Waals surface area contributed by atoms with Crippen LogP contribution in [0.25, 0.3) is 0 Å². The Bertz CT molecular complexity index is 448. The van der Waals surface area contributed by atoms with Crippen LogP contribution in [-0.2, 0) is 9.53 Å². The summed E-state index contributed by atoms with van der Waals surface area (Å²) in [7, 11) is 1.80. The van der Waals surface area contributed by atoms with Gasteiger partial charge in [0.25, 0.3) is 0 Å². The number of anilines is 1. The zero-order valence-corrected chi connectivity index (χ0v) is 12.6. The molecule has 0 spiro atoms. The number of hydrogen-bond donors (Lipinski definition) is 1. The van der Waals surface area contributed by atoms with E-state index in [2.05, 4.69) is 16.9 Å². The predicted molar refractivity (Wildman–Crippen MR) is 81.2 cm³/mol. The molecule has 110 valence electrons. The molecule has 0 fully saturated rings. The van der Waals surface area contributed by atoms with Crippen molar-refractivity contribution in [3.05, 3.63) is 35.5 Å². The molecule has 1 aromatic rings. The molecule has 0 aliphatic heterocycles.